The molecule has 0 atom stereocenters. The molecule has 92 valence electrons. The van der Waals surface area contributed by atoms with Gasteiger partial charge < -0.3 is 10.7 Å². The van der Waals surface area contributed by atoms with Crippen molar-refractivity contribution in [1.29, 1.82) is 5.41 Å². The molecule has 0 unspecified atom stereocenters. The van der Waals surface area contributed by atoms with Gasteiger partial charge >= 0.3 is 0 Å². The summed E-state index contributed by atoms with van der Waals surface area (Å²) in [6, 6.07) is 8.08. The van der Waals surface area contributed by atoms with Crippen molar-refractivity contribution in [3.63, 3.8) is 0 Å². The number of hydrogen-bond donors (Lipinski definition) is 2. The molecule has 0 saturated carbocycles. The number of rotatable bonds is 7. The Morgan fingerprint density at radius 1 is 1.18 bits per heavy atom. The van der Waals surface area contributed by atoms with E-state index in [4.69, 9.17) is 5.41 Å². The third kappa shape index (κ3) is 4.53. The second kappa shape index (κ2) is 7.02. The third-order valence-corrected chi connectivity index (χ3v) is 2.70. The highest BCUT2D eigenvalue weighted by Gasteiger charge is 2.01. The van der Waals surface area contributed by atoms with Gasteiger partial charge in [0.15, 0.2) is 0 Å². The van der Waals surface area contributed by atoms with Gasteiger partial charge in [-0.1, -0.05) is 43.3 Å². The summed E-state index contributed by atoms with van der Waals surface area (Å²) in [6.07, 6.45) is 1.92. The van der Waals surface area contributed by atoms with Crippen LogP contribution >= 0.6 is 0 Å². The van der Waals surface area contributed by atoms with Gasteiger partial charge in [0.25, 0.3) is 0 Å². The molecule has 0 aliphatic heterocycles. The average molecular weight is 230 g/mol. The molecule has 2 heteroatoms. The zero-order chi connectivity index (χ0) is 12.7. The molecule has 0 aliphatic rings. The van der Waals surface area contributed by atoms with Gasteiger partial charge in [0, 0.05) is 18.7 Å². The molecule has 2 nitrogen and oxygen atoms in total. The first-order valence-electron chi connectivity index (χ1n) is 6.19. The largest absolute Gasteiger partial charge is 0.316 e. The second-order valence-electron chi connectivity index (χ2n) is 4.34. The molecule has 17 heavy (non-hydrogen) atoms. The Labute approximate surface area is 104 Å². The van der Waals surface area contributed by atoms with Crippen molar-refractivity contribution in [3.8, 4) is 0 Å². The summed E-state index contributed by atoms with van der Waals surface area (Å²) in [6.45, 7) is 9.96. The van der Waals surface area contributed by atoms with Crippen molar-refractivity contribution >= 4 is 11.3 Å². The Kier molecular flexibility index (Phi) is 5.64. The minimum Gasteiger partial charge on any atom is -0.316 e. The van der Waals surface area contributed by atoms with E-state index in [9.17, 15) is 0 Å². The van der Waals surface area contributed by atoms with Crippen molar-refractivity contribution in [2.75, 3.05) is 13.1 Å². The summed E-state index contributed by atoms with van der Waals surface area (Å²) >= 11 is 0. The predicted octanol–water partition coefficient (Wildman–Crippen LogP) is 3.48. The molecule has 0 fully saturated rings. The fourth-order valence-corrected chi connectivity index (χ4v) is 1.62. The van der Waals surface area contributed by atoms with E-state index in [0.29, 0.717) is 5.71 Å². The van der Waals surface area contributed by atoms with Gasteiger partial charge in [0.1, 0.15) is 0 Å². The molecule has 0 bridgehead atoms. The lowest BCUT2D eigenvalue weighted by atomic mass is 10.0. The van der Waals surface area contributed by atoms with Gasteiger partial charge in [-0.25, -0.2) is 0 Å². The Morgan fingerprint density at radius 2 is 1.76 bits per heavy atom. The van der Waals surface area contributed by atoms with Gasteiger partial charge in [-0.15, -0.1) is 0 Å². The molecule has 0 aromatic heterocycles. The van der Waals surface area contributed by atoms with Crippen LogP contribution in [0.1, 0.15) is 37.8 Å². The van der Waals surface area contributed by atoms with E-state index < -0.39 is 0 Å². The lowest BCUT2D eigenvalue weighted by Crippen LogP contribution is -2.18. The van der Waals surface area contributed by atoms with Crippen LogP contribution in [-0.2, 0) is 0 Å². The highest BCUT2D eigenvalue weighted by Crippen LogP contribution is 2.13. The van der Waals surface area contributed by atoms with Crippen LogP contribution < -0.4 is 5.32 Å². The zero-order valence-electron chi connectivity index (χ0n) is 10.8. The topological polar surface area (TPSA) is 35.9 Å². The number of allylic oxidation sites excluding steroid dienone is 1. The normalized spacial score (nSPS) is 10.2. The van der Waals surface area contributed by atoms with Crippen LogP contribution in [-0.4, -0.2) is 18.8 Å². The first-order chi connectivity index (χ1) is 8.15. The zero-order valence-corrected chi connectivity index (χ0v) is 10.8. The second-order valence-corrected chi connectivity index (χ2v) is 4.34. The van der Waals surface area contributed by atoms with Gasteiger partial charge in [-0.05, 0) is 31.0 Å². The fraction of sp³-hybridized carbons (Fsp3) is 0.400. The predicted molar refractivity (Wildman–Crippen MR) is 75.8 cm³/mol. The quantitative estimate of drug-likeness (QED) is 0.546. The van der Waals surface area contributed by atoms with Crippen LogP contribution in [0.5, 0.6) is 0 Å². The van der Waals surface area contributed by atoms with Crippen LogP contribution in [0.2, 0.25) is 0 Å². The van der Waals surface area contributed by atoms with E-state index >= 15 is 0 Å². The van der Waals surface area contributed by atoms with E-state index in [0.717, 1.165) is 42.6 Å². The van der Waals surface area contributed by atoms with Crippen molar-refractivity contribution in [3.05, 3.63) is 42.0 Å². The number of benzene rings is 1. The maximum atomic E-state index is 7.98. The average Bonchev–Trinajstić information content (AvgIpc) is 2.34. The monoisotopic (exact) mass is 230 g/mol. The van der Waals surface area contributed by atoms with Crippen molar-refractivity contribution < 1.29 is 0 Å². The molecule has 0 amide bonds. The van der Waals surface area contributed by atoms with Crippen LogP contribution in [0, 0.1) is 5.41 Å². The molecule has 0 spiro atoms. The maximum absolute atomic E-state index is 7.98. The molecule has 2 N–H and O–H groups in total. The summed E-state index contributed by atoms with van der Waals surface area (Å²) in [7, 11) is 0. The SMILES string of the molecule is C=C(C)c1ccc(C(=N)CCNCCC)cc1. The highest BCUT2D eigenvalue weighted by atomic mass is 14.8. The number of nitrogens with one attached hydrogen (secondary N) is 2. The molecule has 1 aromatic rings. The molecule has 0 aliphatic carbocycles. The van der Waals surface area contributed by atoms with Crippen LogP contribution in [0.15, 0.2) is 30.8 Å². The summed E-state index contributed by atoms with van der Waals surface area (Å²) in [5.41, 5.74) is 3.91. The molecule has 0 radical (unpaired) electrons. The van der Waals surface area contributed by atoms with E-state index in [2.05, 4.69) is 18.8 Å². The van der Waals surface area contributed by atoms with Gasteiger partial charge in [-0.3, -0.25) is 0 Å². The lowest BCUT2D eigenvalue weighted by Gasteiger charge is -2.06. The minimum atomic E-state index is 0.696. The Hall–Kier alpha value is -1.41. The van der Waals surface area contributed by atoms with E-state index in [1.54, 1.807) is 0 Å². The summed E-state index contributed by atoms with van der Waals surface area (Å²) < 4.78 is 0. The van der Waals surface area contributed by atoms with Crippen LogP contribution in [0.3, 0.4) is 0 Å². The number of hydrogen-bond acceptors (Lipinski definition) is 2. The Balaban J connectivity index is 2.49. The van der Waals surface area contributed by atoms with E-state index in [1.807, 2.05) is 31.2 Å². The smallest absolute Gasteiger partial charge is 0.0398 e. The first-order valence-corrected chi connectivity index (χ1v) is 6.19. The van der Waals surface area contributed by atoms with E-state index in [-0.39, 0.29) is 0 Å². The first kappa shape index (κ1) is 13.7. The summed E-state index contributed by atoms with van der Waals surface area (Å²) in [4.78, 5) is 0. The third-order valence-electron chi connectivity index (χ3n) is 2.70. The van der Waals surface area contributed by atoms with Crippen molar-refractivity contribution in [2.24, 2.45) is 0 Å². The Bertz CT molecular complexity index is 376. The molecule has 0 heterocycles. The van der Waals surface area contributed by atoms with Crippen molar-refractivity contribution in [1.82, 2.24) is 5.32 Å². The fourth-order valence-electron chi connectivity index (χ4n) is 1.62. The molecular weight excluding hydrogens is 208 g/mol. The Morgan fingerprint density at radius 3 is 2.29 bits per heavy atom. The standard InChI is InChI=1S/C15H22N2/c1-4-10-17-11-9-15(16)14-7-5-13(6-8-14)12(2)3/h5-8,16-17H,2,4,9-11H2,1,3H3. The summed E-state index contributed by atoms with van der Waals surface area (Å²) in [5, 5.41) is 11.3. The van der Waals surface area contributed by atoms with Crippen molar-refractivity contribution in [2.45, 2.75) is 26.7 Å². The van der Waals surface area contributed by atoms with Gasteiger partial charge in [-0.2, -0.15) is 0 Å². The maximum Gasteiger partial charge on any atom is 0.0398 e. The van der Waals surface area contributed by atoms with Gasteiger partial charge in [0.05, 0.1) is 0 Å². The minimum absolute atomic E-state index is 0.696. The highest BCUT2D eigenvalue weighted by molar-refractivity contribution is 5.98. The lowest BCUT2D eigenvalue weighted by molar-refractivity contribution is 0.685. The summed E-state index contributed by atoms with van der Waals surface area (Å²) in [5.74, 6) is 0. The van der Waals surface area contributed by atoms with Gasteiger partial charge in [0.2, 0.25) is 0 Å². The van der Waals surface area contributed by atoms with Crippen LogP contribution in [0.4, 0.5) is 0 Å². The van der Waals surface area contributed by atoms with E-state index in [1.165, 1.54) is 0 Å². The molecule has 1 aromatic carbocycles. The molecule has 0 saturated heterocycles. The molecule has 1 rings (SSSR count). The van der Waals surface area contributed by atoms with Crippen LogP contribution in [0.25, 0.3) is 5.57 Å². The molecular formula is C15H22N2.